The van der Waals surface area contributed by atoms with Gasteiger partial charge < -0.3 is 19.5 Å². The smallest absolute Gasteiger partial charge is 0.257 e. The summed E-state index contributed by atoms with van der Waals surface area (Å²) in [7, 11) is 4.53. The van der Waals surface area contributed by atoms with Gasteiger partial charge in [-0.2, -0.15) is 14.6 Å². The zero-order valence-corrected chi connectivity index (χ0v) is 17.8. The SMILES string of the molecule is CCCCCCc1cc(NC(=O)c2cc(OC)c(OC)c(OC)c2)n2ncnc2n1. The van der Waals surface area contributed by atoms with Gasteiger partial charge in [0.1, 0.15) is 12.1 Å². The fourth-order valence-corrected chi connectivity index (χ4v) is 3.21. The van der Waals surface area contributed by atoms with E-state index in [0.717, 1.165) is 25.0 Å². The van der Waals surface area contributed by atoms with Crippen LogP contribution in [-0.2, 0) is 6.42 Å². The van der Waals surface area contributed by atoms with Gasteiger partial charge in [-0.25, -0.2) is 4.98 Å². The Hall–Kier alpha value is -3.36. The van der Waals surface area contributed by atoms with E-state index in [9.17, 15) is 4.79 Å². The van der Waals surface area contributed by atoms with Crippen molar-refractivity contribution in [3.8, 4) is 17.2 Å². The van der Waals surface area contributed by atoms with E-state index in [1.165, 1.54) is 45.0 Å². The number of amides is 1. The lowest BCUT2D eigenvalue weighted by Gasteiger charge is -2.14. The van der Waals surface area contributed by atoms with Gasteiger partial charge in [0.05, 0.1) is 21.3 Å². The van der Waals surface area contributed by atoms with Crippen LogP contribution in [0.3, 0.4) is 0 Å². The van der Waals surface area contributed by atoms with Crippen molar-refractivity contribution in [3.05, 3.63) is 35.8 Å². The minimum atomic E-state index is -0.339. The highest BCUT2D eigenvalue weighted by molar-refractivity contribution is 6.04. The molecule has 30 heavy (non-hydrogen) atoms. The maximum Gasteiger partial charge on any atom is 0.257 e. The summed E-state index contributed by atoms with van der Waals surface area (Å²) in [5, 5.41) is 7.07. The van der Waals surface area contributed by atoms with E-state index in [0.29, 0.717) is 34.4 Å². The minimum Gasteiger partial charge on any atom is -0.493 e. The second-order valence-corrected chi connectivity index (χ2v) is 6.78. The molecule has 0 aliphatic rings. The van der Waals surface area contributed by atoms with Gasteiger partial charge >= 0.3 is 0 Å². The highest BCUT2D eigenvalue weighted by Gasteiger charge is 2.18. The molecule has 0 aliphatic carbocycles. The normalized spacial score (nSPS) is 10.8. The lowest BCUT2D eigenvalue weighted by molar-refractivity contribution is 0.102. The van der Waals surface area contributed by atoms with Gasteiger partial charge in [-0.05, 0) is 25.0 Å². The van der Waals surface area contributed by atoms with Gasteiger partial charge in [-0.1, -0.05) is 26.2 Å². The Morgan fingerprint density at radius 2 is 1.77 bits per heavy atom. The number of unbranched alkanes of at least 4 members (excludes halogenated alkanes) is 3. The molecule has 0 unspecified atom stereocenters. The van der Waals surface area contributed by atoms with Crippen LogP contribution in [0.2, 0.25) is 0 Å². The Morgan fingerprint density at radius 1 is 1.03 bits per heavy atom. The predicted octanol–water partition coefficient (Wildman–Crippen LogP) is 3.53. The van der Waals surface area contributed by atoms with Crippen LogP contribution >= 0.6 is 0 Å². The molecule has 0 radical (unpaired) electrons. The largest absolute Gasteiger partial charge is 0.493 e. The monoisotopic (exact) mass is 413 g/mol. The summed E-state index contributed by atoms with van der Waals surface area (Å²) in [4.78, 5) is 21.7. The average Bonchev–Trinajstić information content (AvgIpc) is 3.24. The summed E-state index contributed by atoms with van der Waals surface area (Å²) in [6.07, 6.45) is 6.77. The molecule has 0 saturated carbocycles. The van der Waals surface area contributed by atoms with Gasteiger partial charge in [-0.3, -0.25) is 4.79 Å². The first-order chi connectivity index (χ1) is 14.6. The van der Waals surface area contributed by atoms with Crippen LogP contribution in [0.4, 0.5) is 5.82 Å². The molecule has 0 bridgehead atoms. The number of carbonyl (C=O) groups is 1. The summed E-state index contributed by atoms with van der Waals surface area (Å²) in [5.74, 6) is 1.84. The molecule has 160 valence electrons. The molecule has 1 amide bonds. The fraction of sp³-hybridized carbons (Fsp3) is 0.429. The third kappa shape index (κ3) is 4.61. The van der Waals surface area contributed by atoms with E-state index in [2.05, 4.69) is 27.3 Å². The molecule has 3 aromatic rings. The van der Waals surface area contributed by atoms with E-state index in [1.807, 2.05) is 6.07 Å². The van der Waals surface area contributed by atoms with Gasteiger partial charge in [0.15, 0.2) is 11.5 Å². The van der Waals surface area contributed by atoms with Crippen molar-refractivity contribution in [1.29, 1.82) is 0 Å². The molecule has 0 saturated heterocycles. The summed E-state index contributed by atoms with van der Waals surface area (Å²) in [6, 6.07) is 5.04. The Bertz CT molecular complexity index is 993. The van der Waals surface area contributed by atoms with E-state index in [-0.39, 0.29) is 5.91 Å². The Kier molecular flexibility index (Phi) is 7.05. The number of carbonyl (C=O) groups excluding carboxylic acids is 1. The molecule has 0 fully saturated rings. The lowest BCUT2D eigenvalue weighted by atomic mass is 10.1. The highest BCUT2D eigenvalue weighted by atomic mass is 16.5. The van der Waals surface area contributed by atoms with Crippen LogP contribution in [0.15, 0.2) is 24.5 Å². The molecule has 1 N–H and O–H groups in total. The molecule has 9 nitrogen and oxygen atoms in total. The molecule has 9 heteroatoms. The molecule has 0 spiro atoms. The molecule has 1 aromatic carbocycles. The zero-order chi connectivity index (χ0) is 21.5. The van der Waals surface area contributed by atoms with Gasteiger partial charge in [-0.15, -0.1) is 0 Å². The first-order valence-electron chi connectivity index (χ1n) is 9.92. The van der Waals surface area contributed by atoms with Crippen molar-refractivity contribution in [2.24, 2.45) is 0 Å². The van der Waals surface area contributed by atoms with Crippen molar-refractivity contribution in [2.45, 2.75) is 39.0 Å². The molecule has 2 aromatic heterocycles. The average molecular weight is 413 g/mol. The molecule has 0 atom stereocenters. The van der Waals surface area contributed by atoms with Crippen molar-refractivity contribution in [2.75, 3.05) is 26.6 Å². The number of anilines is 1. The van der Waals surface area contributed by atoms with E-state index < -0.39 is 0 Å². The topological polar surface area (TPSA) is 99.9 Å². The molecule has 3 rings (SSSR count). The van der Waals surface area contributed by atoms with Crippen LogP contribution in [0.5, 0.6) is 17.2 Å². The first kappa shape index (κ1) is 21.4. The Morgan fingerprint density at radius 3 is 2.40 bits per heavy atom. The number of aryl methyl sites for hydroxylation is 1. The van der Waals surface area contributed by atoms with Crippen LogP contribution in [0.1, 0.15) is 48.7 Å². The van der Waals surface area contributed by atoms with E-state index in [1.54, 1.807) is 12.1 Å². The number of methoxy groups -OCH3 is 3. The van der Waals surface area contributed by atoms with Crippen LogP contribution in [0, 0.1) is 0 Å². The predicted molar refractivity (Wildman–Crippen MR) is 113 cm³/mol. The van der Waals surface area contributed by atoms with Crippen molar-refractivity contribution in [1.82, 2.24) is 19.6 Å². The number of nitrogens with one attached hydrogen (secondary N) is 1. The Balaban J connectivity index is 1.88. The van der Waals surface area contributed by atoms with Crippen molar-refractivity contribution in [3.63, 3.8) is 0 Å². The van der Waals surface area contributed by atoms with Crippen molar-refractivity contribution < 1.29 is 19.0 Å². The van der Waals surface area contributed by atoms with Gasteiger partial charge in [0, 0.05) is 17.3 Å². The minimum absolute atomic E-state index is 0.339. The van der Waals surface area contributed by atoms with Crippen LogP contribution < -0.4 is 19.5 Å². The standard InChI is InChI=1S/C21H27N5O4/c1-5-6-7-8-9-15-12-18(26-21(24-15)22-13-23-26)25-20(27)14-10-16(28-2)19(30-4)17(11-14)29-3/h10-13H,5-9H2,1-4H3,(H,25,27). The zero-order valence-electron chi connectivity index (χ0n) is 17.8. The van der Waals surface area contributed by atoms with Crippen molar-refractivity contribution >= 4 is 17.5 Å². The molecule has 2 heterocycles. The first-order valence-corrected chi connectivity index (χ1v) is 9.92. The third-order valence-corrected chi connectivity index (χ3v) is 4.76. The maximum atomic E-state index is 13.0. The Labute approximate surface area is 175 Å². The maximum absolute atomic E-state index is 13.0. The van der Waals surface area contributed by atoms with Crippen LogP contribution in [0.25, 0.3) is 5.78 Å². The quantitative estimate of drug-likeness (QED) is 0.508. The second-order valence-electron chi connectivity index (χ2n) is 6.78. The van der Waals surface area contributed by atoms with Gasteiger partial charge in [0.2, 0.25) is 5.75 Å². The number of hydrogen-bond donors (Lipinski definition) is 1. The number of aromatic nitrogens is 4. The van der Waals surface area contributed by atoms with E-state index in [4.69, 9.17) is 14.2 Å². The third-order valence-electron chi connectivity index (χ3n) is 4.76. The highest BCUT2D eigenvalue weighted by Crippen LogP contribution is 2.38. The number of benzene rings is 1. The summed E-state index contributed by atoms with van der Waals surface area (Å²) >= 11 is 0. The number of fused-ring (bicyclic) bond motifs is 1. The molecular weight excluding hydrogens is 386 g/mol. The molecular formula is C21H27N5O4. The van der Waals surface area contributed by atoms with E-state index >= 15 is 0 Å². The number of rotatable bonds is 10. The summed E-state index contributed by atoms with van der Waals surface area (Å²) in [6.45, 7) is 2.18. The number of nitrogens with zero attached hydrogens (tertiary/aromatic N) is 4. The summed E-state index contributed by atoms with van der Waals surface area (Å²) < 4.78 is 17.5. The molecule has 0 aliphatic heterocycles. The second kappa shape index (κ2) is 9.91. The summed E-state index contributed by atoms with van der Waals surface area (Å²) in [5.41, 5.74) is 1.23. The van der Waals surface area contributed by atoms with Crippen LogP contribution in [-0.4, -0.2) is 46.8 Å². The van der Waals surface area contributed by atoms with Gasteiger partial charge in [0.25, 0.3) is 11.7 Å². The number of hydrogen-bond acceptors (Lipinski definition) is 7. The lowest BCUT2D eigenvalue weighted by Crippen LogP contribution is -2.16. The fourth-order valence-electron chi connectivity index (χ4n) is 3.21. The number of ether oxygens (including phenoxy) is 3.